The van der Waals surface area contributed by atoms with Crippen molar-refractivity contribution in [3.05, 3.63) is 29.8 Å². The van der Waals surface area contributed by atoms with Crippen LogP contribution in [0, 0.1) is 5.92 Å². The maximum Gasteiger partial charge on any atom is 0.229 e. The first-order valence-corrected chi connectivity index (χ1v) is 7.47. The number of aliphatic hydroxyl groups is 1. The van der Waals surface area contributed by atoms with Crippen LogP contribution in [0.2, 0.25) is 0 Å². The van der Waals surface area contributed by atoms with E-state index >= 15 is 0 Å². The minimum atomic E-state index is -0.241. The van der Waals surface area contributed by atoms with Crippen molar-refractivity contribution in [2.75, 3.05) is 18.5 Å². The first kappa shape index (κ1) is 14.1. The number of nitrogens with one attached hydrogen (secondary N) is 1. The molecule has 5 nitrogen and oxygen atoms in total. The van der Waals surface area contributed by atoms with Crippen molar-refractivity contribution in [3.8, 4) is 0 Å². The Labute approximate surface area is 123 Å². The van der Waals surface area contributed by atoms with Crippen molar-refractivity contribution in [1.29, 1.82) is 0 Å². The van der Waals surface area contributed by atoms with Gasteiger partial charge >= 0.3 is 0 Å². The molecule has 0 aromatic heterocycles. The van der Waals surface area contributed by atoms with E-state index in [1.54, 1.807) is 0 Å². The number of likely N-dealkylation sites (tertiary alicyclic amines) is 1. The Bertz CT molecular complexity index is 537. The molecule has 1 aliphatic carbocycles. The van der Waals surface area contributed by atoms with Gasteiger partial charge in [0, 0.05) is 31.3 Å². The van der Waals surface area contributed by atoms with Crippen LogP contribution in [-0.4, -0.2) is 41.0 Å². The number of carbonyl (C=O) groups excluding carboxylic acids is 2. The lowest BCUT2D eigenvalue weighted by Gasteiger charge is -2.15. The molecule has 2 fully saturated rings. The second-order valence-corrected chi connectivity index (χ2v) is 5.84. The van der Waals surface area contributed by atoms with E-state index < -0.39 is 0 Å². The summed E-state index contributed by atoms with van der Waals surface area (Å²) in [7, 11) is 0. The van der Waals surface area contributed by atoms with E-state index in [1.165, 1.54) is 0 Å². The van der Waals surface area contributed by atoms with E-state index in [1.807, 2.05) is 29.2 Å². The molecular weight excluding hydrogens is 268 g/mol. The molecular formula is C16H20N2O3. The molecule has 1 saturated carbocycles. The zero-order chi connectivity index (χ0) is 14.8. The van der Waals surface area contributed by atoms with Gasteiger partial charge in [-0.3, -0.25) is 9.59 Å². The molecule has 1 aromatic rings. The van der Waals surface area contributed by atoms with E-state index in [4.69, 9.17) is 5.11 Å². The van der Waals surface area contributed by atoms with E-state index in [0.717, 1.165) is 24.1 Å². The van der Waals surface area contributed by atoms with Gasteiger partial charge in [0.05, 0.1) is 5.92 Å². The molecule has 0 spiro atoms. The molecule has 112 valence electrons. The Morgan fingerprint density at radius 2 is 2.00 bits per heavy atom. The van der Waals surface area contributed by atoms with Crippen LogP contribution in [-0.2, 0) is 16.0 Å². The fraction of sp³-hybridized carbons (Fsp3) is 0.500. The van der Waals surface area contributed by atoms with Gasteiger partial charge in [-0.05, 0) is 37.0 Å². The standard InChI is InChI=1S/C16H20N2O3/c19-8-7-11-1-3-13(4-2-11)17-16(21)12-9-15(20)18(10-12)14-5-6-14/h1-4,12,14,19H,5-10H2,(H,17,21). The minimum absolute atomic E-state index is 0.0820. The molecule has 2 aliphatic rings. The van der Waals surface area contributed by atoms with Gasteiger partial charge in [-0.1, -0.05) is 12.1 Å². The number of hydrogen-bond acceptors (Lipinski definition) is 3. The summed E-state index contributed by atoms with van der Waals surface area (Å²) < 4.78 is 0. The quantitative estimate of drug-likeness (QED) is 0.854. The van der Waals surface area contributed by atoms with Crippen molar-refractivity contribution in [1.82, 2.24) is 4.90 Å². The zero-order valence-electron chi connectivity index (χ0n) is 11.9. The number of amides is 2. The largest absolute Gasteiger partial charge is 0.396 e. The summed E-state index contributed by atoms with van der Waals surface area (Å²) in [5, 5.41) is 11.7. The molecule has 2 N–H and O–H groups in total. The lowest BCUT2D eigenvalue weighted by Crippen LogP contribution is -2.29. The van der Waals surface area contributed by atoms with Gasteiger partial charge in [0.1, 0.15) is 0 Å². The number of anilines is 1. The average molecular weight is 288 g/mol. The number of aliphatic hydroxyl groups excluding tert-OH is 1. The molecule has 1 aliphatic heterocycles. The molecule has 2 amide bonds. The second-order valence-electron chi connectivity index (χ2n) is 5.84. The summed E-state index contributed by atoms with van der Waals surface area (Å²) in [5.74, 6) is -0.215. The fourth-order valence-corrected chi connectivity index (χ4v) is 2.77. The van der Waals surface area contributed by atoms with Gasteiger partial charge in [0.15, 0.2) is 0 Å². The first-order valence-electron chi connectivity index (χ1n) is 7.47. The minimum Gasteiger partial charge on any atom is -0.396 e. The molecule has 0 radical (unpaired) electrons. The highest BCUT2D eigenvalue weighted by Crippen LogP contribution is 2.32. The first-order chi connectivity index (χ1) is 10.2. The Balaban J connectivity index is 1.57. The number of hydrogen-bond donors (Lipinski definition) is 2. The Morgan fingerprint density at radius 1 is 1.29 bits per heavy atom. The van der Waals surface area contributed by atoms with Crippen LogP contribution < -0.4 is 5.32 Å². The van der Waals surface area contributed by atoms with Crippen LogP contribution in [0.15, 0.2) is 24.3 Å². The number of carbonyl (C=O) groups is 2. The molecule has 1 unspecified atom stereocenters. The van der Waals surface area contributed by atoms with E-state index in [9.17, 15) is 9.59 Å². The van der Waals surface area contributed by atoms with Crippen LogP contribution in [0.3, 0.4) is 0 Å². The molecule has 3 rings (SSSR count). The van der Waals surface area contributed by atoms with Crippen LogP contribution in [0.1, 0.15) is 24.8 Å². The van der Waals surface area contributed by atoms with Crippen molar-refractivity contribution < 1.29 is 14.7 Å². The SMILES string of the molecule is O=C(Nc1ccc(CCO)cc1)C1CC(=O)N(C2CC2)C1. The predicted molar refractivity (Wildman–Crippen MR) is 78.7 cm³/mol. The van der Waals surface area contributed by atoms with Gasteiger partial charge in [-0.2, -0.15) is 0 Å². The zero-order valence-corrected chi connectivity index (χ0v) is 11.9. The molecule has 5 heteroatoms. The highest BCUT2D eigenvalue weighted by Gasteiger charge is 2.41. The summed E-state index contributed by atoms with van der Waals surface area (Å²) in [4.78, 5) is 25.9. The number of benzene rings is 1. The highest BCUT2D eigenvalue weighted by molar-refractivity contribution is 5.97. The number of nitrogens with zero attached hydrogens (tertiary/aromatic N) is 1. The van der Waals surface area contributed by atoms with E-state index in [-0.39, 0.29) is 24.3 Å². The summed E-state index contributed by atoms with van der Waals surface area (Å²) in [6, 6.07) is 7.83. The molecule has 21 heavy (non-hydrogen) atoms. The Morgan fingerprint density at radius 3 is 2.62 bits per heavy atom. The van der Waals surface area contributed by atoms with Crippen LogP contribution in [0.5, 0.6) is 0 Å². The second kappa shape index (κ2) is 5.85. The van der Waals surface area contributed by atoms with Crippen LogP contribution in [0.25, 0.3) is 0 Å². The van der Waals surface area contributed by atoms with Crippen molar-refractivity contribution in [2.45, 2.75) is 31.7 Å². The van der Waals surface area contributed by atoms with Crippen LogP contribution >= 0.6 is 0 Å². The maximum absolute atomic E-state index is 12.2. The Kier molecular flexibility index (Phi) is 3.92. The lowest BCUT2D eigenvalue weighted by molar-refractivity contribution is -0.128. The van der Waals surface area contributed by atoms with Gasteiger partial charge in [0.25, 0.3) is 0 Å². The molecule has 1 aromatic carbocycles. The molecule has 1 saturated heterocycles. The molecule has 1 atom stereocenters. The fourth-order valence-electron chi connectivity index (χ4n) is 2.77. The topological polar surface area (TPSA) is 69.6 Å². The van der Waals surface area contributed by atoms with Crippen molar-refractivity contribution >= 4 is 17.5 Å². The van der Waals surface area contributed by atoms with Gasteiger partial charge in [0.2, 0.25) is 11.8 Å². The van der Waals surface area contributed by atoms with Crippen molar-refractivity contribution in [2.24, 2.45) is 5.92 Å². The third kappa shape index (κ3) is 3.24. The van der Waals surface area contributed by atoms with Crippen molar-refractivity contribution in [3.63, 3.8) is 0 Å². The number of rotatable bonds is 5. The summed E-state index contributed by atoms with van der Waals surface area (Å²) in [5.41, 5.74) is 1.77. The summed E-state index contributed by atoms with van der Waals surface area (Å²) >= 11 is 0. The Hall–Kier alpha value is -1.88. The third-order valence-corrected chi connectivity index (χ3v) is 4.14. The monoisotopic (exact) mass is 288 g/mol. The average Bonchev–Trinajstić information content (AvgIpc) is 3.24. The molecule has 0 bridgehead atoms. The maximum atomic E-state index is 12.2. The summed E-state index contributed by atoms with van der Waals surface area (Å²) in [6.45, 7) is 0.671. The highest BCUT2D eigenvalue weighted by atomic mass is 16.3. The summed E-state index contributed by atoms with van der Waals surface area (Å²) in [6.07, 6.45) is 3.09. The normalized spacial score (nSPS) is 21.7. The smallest absolute Gasteiger partial charge is 0.229 e. The van der Waals surface area contributed by atoms with Gasteiger partial charge in [-0.15, -0.1) is 0 Å². The molecule has 1 heterocycles. The third-order valence-electron chi connectivity index (χ3n) is 4.14. The van der Waals surface area contributed by atoms with Gasteiger partial charge < -0.3 is 15.3 Å². The van der Waals surface area contributed by atoms with E-state index in [0.29, 0.717) is 25.4 Å². The van der Waals surface area contributed by atoms with E-state index in [2.05, 4.69) is 5.32 Å². The van der Waals surface area contributed by atoms with Crippen LogP contribution in [0.4, 0.5) is 5.69 Å². The van der Waals surface area contributed by atoms with Gasteiger partial charge in [-0.25, -0.2) is 0 Å². The predicted octanol–water partition coefficient (Wildman–Crippen LogP) is 1.17. The lowest BCUT2D eigenvalue weighted by atomic mass is 10.1.